The summed E-state index contributed by atoms with van der Waals surface area (Å²) >= 11 is 16.5. The fraction of sp³-hybridized carbons (Fsp3) is 0.646. The molecule has 0 spiro atoms. The van der Waals surface area contributed by atoms with E-state index in [0.717, 1.165) is 5.56 Å². The second-order valence-electron chi connectivity index (χ2n) is 20.5. The number of Topliss-reactive ketones (excluding diaryl/α,β-unsaturated/α-hetero) is 2. The van der Waals surface area contributed by atoms with Crippen LogP contribution in [0.3, 0.4) is 0 Å². The normalized spacial score (nSPS) is 37.0. The largest absolute Gasteiger partial charge is 0.472 e. The molecule has 69 heavy (non-hydrogen) atoms. The van der Waals surface area contributed by atoms with E-state index >= 15 is 0 Å². The number of alkyl halides is 3. The van der Waals surface area contributed by atoms with Crippen LogP contribution in [0.2, 0.25) is 0 Å². The molecular weight excluding hydrogens is 965 g/mol. The lowest BCUT2D eigenvalue weighted by Crippen LogP contribution is -2.67. The van der Waals surface area contributed by atoms with E-state index < -0.39 is 109 Å². The first-order valence-corrected chi connectivity index (χ1v) is 24.0. The molecule has 14 atom stereocenters. The van der Waals surface area contributed by atoms with Gasteiger partial charge < -0.3 is 38.0 Å². The Morgan fingerprint density at radius 2 is 1.16 bits per heavy atom. The van der Waals surface area contributed by atoms with Gasteiger partial charge in [-0.3, -0.25) is 43.7 Å². The molecule has 8 rings (SSSR count). The number of furan rings is 2. The van der Waals surface area contributed by atoms with Crippen LogP contribution in [0.25, 0.3) is 0 Å². The van der Waals surface area contributed by atoms with Crippen LogP contribution < -0.4 is 10.6 Å². The van der Waals surface area contributed by atoms with E-state index in [2.05, 4.69) is 5.32 Å². The van der Waals surface area contributed by atoms with Crippen LogP contribution in [0.15, 0.2) is 46.0 Å². The molecule has 2 saturated heterocycles. The number of carbonyl (C=O) groups is 9. The summed E-state index contributed by atoms with van der Waals surface area (Å²) in [5.41, 5.74) is -1.76. The molecule has 0 radical (unpaired) electrons. The molecule has 2 unspecified atom stereocenters. The highest BCUT2D eigenvalue weighted by atomic mass is 35.6. The van der Waals surface area contributed by atoms with Crippen molar-refractivity contribution in [1.29, 1.82) is 0 Å². The van der Waals surface area contributed by atoms with Crippen LogP contribution in [-0.4, -0.2) is 95.3 Å². The number of carbonyl (C=O) groups excluding carboxylic acids is 9. The Balaban J connectivity index is 0.000000206. The minimum absolute atomic E-state index is 0.0514. The lowest BCUT2D eigenvalue weighted by atomic mass is 9.42. The summed E-state index contributed by atoms with van der Waals surface area (Å²) in [7, 11) is 4.20. The standard InChI is InChI=1S/C24H27Cl3N2O8.C24H31NO7/c1-22-6-4-12-19(32)37-15(11-5-7-36-10-11)9-23(12,2)17(22)16(30)14(8-13(22)18(31)35-3)28-21(34)29-20(33)24(25,26)27;1-13(26)25(4)17-10-16(21(28)30-5)23(2)8-6-15-22(29)32-18(14-7-9-31-12-14)11-24(15,3)20(23)19(17)27/h5,7,10,12-15,17H,4,6,8-9H2,1-3H3,(H2,28,29,33,34);7,9,12,15-18,20H,6,8,10-11H2,1-5H3/t12-,13-,14-,15-,17?,22-,23-;15-,16-,17-,18-,20?,23-,24-/m00/s1. The van der Waals surface area contributed by atoms with Crippen LogP contribution >= 0.6 is 34.8 Å². The van der Waals surface area contributed by atoms with Crippen LogP contribution in [0, 0.1) is 57.2 Å². The molecule has 4 aliphatic carbocycles. The Morgan fingerprint density at radius 1 is 0.710 bits per heavy atom. The highest BCUT2D eigenvalue weighted by molar-refractivity contribution is 6.76. The minimum atomic E-state index is -2.39. The smallest absolute Gasteiger partial charge is 0.322 e. The van der Waals surface area contributed by atoms with Crippen molar-refractivity contribution >= 4 is 88.1 Å². The molecule has 2 aliphatic heterocycles. The SMILES string of the molecule is COC(=O)[C@@H]1C[C@H](N(C)C(C)=O)C(=O)C2[C@@]1(C)CC[C@H]1C(=O)O[C@H](c3ccoc3)C[C@]21C.COC(=O)[C@@H]1C[C@H](NC(=O)NC(=O)C(Cl)(Cl)Cl)C(=O)C2[C@@]1(C)CC[C@H]1C(=O)O[C@H](c3ccoc3)C[C@]21C. The molecule has 2 aromatic rings. The van der Waals surface area contributed by atoms with E-state index in [1.807, 2.05) is 33.0 Å². The monoisotopic (exact) mass is 1020 g/mol. The van der Waals surface area contributed by atoms with Crippen molar-refractivity contribution in [3.63, 3.8) is 0 Å². The fourth-order valence-electron chi connectivity index (χ4n) is 13.4. The molecule has 376 valence electrons. The Labute approximate surface area is 413 Å². The number of amides is 4. The predicted molar refractivity (Wildman–Crippen MR) is 242 cm³/mol. The number of esters is 4. The van der Waals surface area contributed by atoms with E-state index in [0.29, 0.717) is 44.1 Å². The van der Waals surface area contributed by atoms with E-state index in [1.54, 1.807) is 25.4 Å². The second-order valence-corrected chi connectivity index (χ2v) is 22.8. The molecule has 6 aliphatic rings. The van der Waals surface area contributed by atoms with Gasteiger partial charge in [0.05, 0.1) is 75.0 Å². The second kappa shape index (κ2) is 19.0. The fourth-order valence-corrected chi connectivity index (χ4v) is 13.6. The molecule has 6 fully saturated rings. The number of fused-ring (bicyclic) bond motifs is 6. The zero-order valence-corrected chi connectivity index (χ0v) is 41.9. The lowest BCUT2D eigenvalue weighted by Gasteiger charge is -2.61. The molecule has 4 heterocycles. The van der Waals surface area contributed by atoms with Crippen molar-refractivity contribution < 1.29 is 70.9 Å². The van der Waals surface area contributed by atoms with Crippen molar-refractivity contribution in [2.45, 2.75) is 114 Å². The highest BCUT2D eigenvalue weighted by Crippen LogP contribution is 2.67. The summed E-state index contributed by atoms with van der Waals surface area (Å²) in [5.74, 6) is -7.30. The van der Waals surface area contributed by atoms with Crippen molar-refractivity contribution in [3.8, 4) is 0 Å². The summed E-state index contributed by atoms with van der Waals surface area (Å²) < 4.78 is 29.7. The third-order valence-electron chi connectivity index (χ3n) is 16.8. The third kappa shape index (κ3) is 9.06. The van der Waals surface area contributed by atoms with Crippen LogP contribution in [0.1, 0.15) is 109 Å². The molecule has 2 N–H and O–H groups in total. The molecule has 21 heteroatoms. The number of rotatable bonds is 6. The van der Waals surface area contributed by atoms with Crippen molar-refractivity contribution in [2.75, 3.05) is 21.3 Å². The van der Waals surface area contributed by atoms with Crippen molar-refractivity contribution in [1.82, 2.24) is 15.5 Å². The summed E-state index contributed by atoms with van der Waals surface area (Å²) in [6.07, 6.45) is 7.70. The van der Waals surface area contributed by atoms with E-state index in [4.69, 9.17) is 62.6 Å². The minimum Gasteiger partial charge on any atom is -0.472 e. The number of ketones is 2. The maximum absolute atomic E-state index is 14.1. The Kier molecular flexibility index (Phi) is 14.3. The first-order valence-electron chi connectivity index (χ1n) is 22.9. The van der Waals surface area contributed by atoms with Crippen molar-refractivity contribution in [3.05, 3.63) is 48.3 Å². The number of halogens is 3. The number of likely N-dealkylation sites (N-methyl/N-ethyl adjacent to an activating group) is 1. The van der Waals surface area contributed by atoms with Gasteiger partial charge in [-0.2, -0.15) is 0 Å². The average molecular weight is 1020 g/mol. The maximum Gasteiger partial charge on any atom is 0.322 e. The quantitative estimate of drug-likeness (QED) is 0.177. The number of nitrogens with zero attached hydrogens (tertiary/aromatic N) is 1. The maximum atomic E-state index is 14.1. The number of hydrogen-bond donors (Lipinski definition) is 2. The van der Waals surface area contributed by atoms with Crippen LogP contribution in [-0.2, 0) is 57.3 Å². The molecule has 2 aromatic heterocycles. The Morgan fingerprint density at radius 3 is 1.57 bits per heavy atom. The molecule has 0 bridgehead atoms. The number of hydrogen-bond acceptors (Lipinski definition) is 15. The number of nitrogens with one attached hydrogen (secondary N) is 2. The van der Waals surface area contributed by atoms with Gasteiger partial charge in [-0.05, 0) is 85.2 Å². The Hall–Kier alpha value is -4.94. The van der Waals surface area contributed by atoms with E-state index in [1.165, 1.54) is 44.8 Å². The zero-order chi connectivity index (χ0) is 50.8. The van der Waals surface area contributed by atoms with Gasteiger partial charge in [-0.1, -0.05) is 62.5 Å². The van der Waals surface area contributed by atoms with Gasteiger partial charge in [0.25, 0.3) is 9.70 Å². The van der Waals surface area contributed by atoms with E-state index in [9.17, 15) is 43.2 Å². The molecule has 18 nitrogen and oxygen atoms in total. The van der Waals surface area contributed by atoms with Gasteiger partial charge >= 0.3 is 29.9 Å². The molecule has 0 aromatic carbocycles. The Bertz CT molecular complexity index is 2390. The summed E-state index contributed by atoms with van der Waals surface area (Å²) in [6.45, 7) is 9.06. The van der Waals surface area contributed by atoms with Gasteiger partial charge in [0.2, 0.25) is 5.91 Å². The number of urea groups is 1. The first kappa shape index (κ1) is 51.9. The summed E-state index contributed by atoms with van der Waals surface area (Å²) in [4.78, 5) is 118. The van der Waals surface area contributed by atoms with Crippen LogP contribution in [0.4, 0.5) is 4.79 Å². The predicted octanol–water partition coefficient (Wildman–Crippen LogP) is 6.55. The summed E-state index contributed by atoms with van der Waals surface area (Å²) in [5, 5.41) is 4.35. The summed E-state index contributed by atoms with van der Waals surface area (Å²) in [6, 6.07) is 0.496. The number of methoxy groups -OCH3 is 2. The van der Waals surface area contributed by atoms with Crippen molar-refractivity contribution in [2.24, 2.45) is 57.2 Å². The first-order chi connectivity index (χ1) is 32.3. The van der Waals surface area contributed by atoms with Gasteiger partial charge in [-0.15, -0.1) is 0 Å². The van der Waals surface area contributed by atoms with Crippen LogP contribution in [0.5, 0.6) is 0 Å². The topological polar surface area (TPSA) is 244 Å². The number of cyclic esters (lactones) is 2. The van der Waals surface area contributed by atoms with E-state index in [-0.39, 0.29) is 42.3 Å². The molecular formula is C48H58Cl3N3O15. The van der Waals surface area contributed by atoms with Gasteiger partial charge in [0.1, 0.15) is 12.2 Å². The molecule has 4 amide bonds. The lowest BCUT2D eigenvalue weighted by molar-refractivity contribution is -0.207. The zero-order valence-electron chi connectivity index (χ0n) is 39.6. The van der Waals surface area contributed by atoms with Gasteiger partial charge in [-0.25, -0.2) is 4.79 Å². The number of ether oxygens (including phenoxy) is 4. The highest BCUT2D eigenvalue weighted by Gasteiger charge is 2.69. The third-order valence-corrected chi connectivity index (χ3v) is 17.3. The van der Waals surface area contributed by atoms with Gasteiger partial charge in [0.15, 0.2) is 11.6 Å². The molecule has 4 saturated carbocycles. The number of imide groups is 1. The average Bonchev–Trinajstić information content (AvgIpc) is 4.02. The van der Waals surface area contributed by atoms with Gasteiger partial charge in [0, 0.05) is 36.9 Å².